The second-order valence-electron chi connectivity index (χ2n) is 9.43. The molecule has 0 spiro atoms. The third-order valence-corrected chi connectivity index (χ3v) is 6.73. The van der Waals surface area contributed by atoms with Crippen LogP contribution in [0.15, 0.2) is 48.9 Å². The van der Waals surface area contributed by atoms with Gasteiger partial charge in [-0.3, -0.25) is 4.98 Å². The van der Waals surface area contributed by atoms with E-state index in [-0.39, 0.29) is 12.1 Å². The van der Waals surface area contributed by atoms with E-state index in [2.05, 4.69) is 77.1 Å². The van der Waals surface area contributed by atoms with Crippen molar-refractivity contribution < 1.29 is 4.74 Å². The van der Waals surface area contributed by atoms with Crippen molar-refractivity contribution in [3.8, 4) is 5.88 Å². The molecular weight excluding hydrogens is 424 g/mol. The topological polar surface area (TPSA) is 76.1 Å². The number of piperidine rings is 1. The van der Waals surface area contributed by atoms with Crippen LogP contribution in [0.5, 0.6) is 5.88 Å². The van der Waals surface area contributed by atoms with Crippen molar-refractivity contribution in [3.05, 3.63) is 60.2 Å². The van der Waals surface area contributed by atoms with Gasteiger partial charge in [0.15, 0.2) is 5.82 Å². The van der Waals surface area contributed by atoms with E-state index in [0.29, 0.717) is 11.9 Å². The largest absolute Gasteiger partial charge is 0.474 e. The van der Waals surface area contributed by atoms with Gasteiger partial charge in [-0.2, -0.15) is 0 Å². The second-order valence-corrected chi connectivity index (χ2v) is 9.43. The summed E-state index contributed by atoms with van der Waals surface area (Å²) in [5.74, 6) is 1.43. The van der Waals surface area contributed by atoms with Crippen LogP contribution in [-0.4, -0.2) is 50.1 Å². The molecule has 0 radical (unpaired) electrons. The van der Waals surface area contributed by atoms with E-state index in [1.165, 1.54) is 5.56 Å². The van der Waals surface area contributed by atoms with Crippen LogP contribution in [0.1, 0.15) is 50.9 Å². The molecule has 4 aromatic rings. The Morgan fingerprint density at radius 3 is 2.65 bits per heavy atom. The molecule has 0 aliphatic carbocycles. The number of rotatable bonds is 6. The van der Waals surface area contributed by atoms with E-state index >= 15 is 0 Å². The van der Waals surface area contributed by atoms with Crippen LogP contribution in [0.4, 0.5) is 5.82 Å². The number of nitrogens with zero attached hydrogens (tertiary/aromatic N) is 5. The van der Waals surface area contributed by atoms with Gasteiger partial charge >= 0.3 is 0 Å². The lowest BCUT2D eigenvalue weighted by Crippen LogP contribution is -2.41. The van der Waals surface area contributed by atoms with Crippen LogP contribution in [0, 0.1) is 6.92 Å². The molecule has 1 fully saturated rings. The summed E-state index contributed by atoms with van der Waals surface area (Å²) in [6, 6.07) is 12.8. The Labute approximate surface area is 200 Å². The number of hydrogen-bond donors (Lipinski definition) is 1. The van der Waals surface area contributed by atoms with Crippen molar-refractivity contribution in [1.29, 1.82) is 0 Å². The molecule has 1 saturated heterocycles. The van der Waals surface area contributed by atoms with Gasteiger partial charge in [0, 0.05) is 30.7 Å². The third-order valence-electron chi connectivity index (χ3n) is 6.73. The van der Waals surface area contributed by atoms with Crippen LogP contribution in [0.3, 0.4) is 0 Å². The number of hydrogen-bond acceptors (Lipinski definition) is 7. The summed E-state index contributed by atoms with van der Waals surface area (Å²) in [6.45, 7) is 10.8. The first kappa shape index (κ1) is 22.5. The molecule has 7 heteroatoms. The van der Waals surface area contributed by atoms with Gasteiger partial charge in [-0.05, 0) is 69.7 Å². The summed E-state index contributed by atoms with van der Waals surface area (Å²) in [6.07, 6.45) is 5.54. The SMILES string of the molecule is Cc1cccc2cc([C@H](C)Nc3ncnc4cccnc34)nc(OC3CCN(C(C)C)CC3)c12. The van der Waals surface area contributed by atoms with Crippen molar-refractivity contribution in [2.75, 3.05) is 18.4 Å². The minimum Gasteiger partial charge on any atom is -0.474 e. The summed E-state index contributed by atoms with van der Waals surface area (Å²) in [5, 5.41) is 5.73. The van der Waals surface area contributed by atoms with E-state index in [4.69, 9.17) is 9.72 Å². The Kier molecular flexibility index (Phi) is 6.28. The number of benzene rings is 1. The van der Waals surface area contributed by atoms with E-state index in [1.54, 1.807) is 12.5 Å². The molecular formula is C27H32N6O. The molecule has 1 N–H and O–H groups in total. The Hall–Kier alpha value is -3.32. The molecule has 1 aromatic carbocycles. The highest BCUT2D eigenvalue weighted by atomic mass is 16.5. The van der Waals surface area contributed by atoms with Gasteiger partial charge in [-0.1, -0.05) is 18.2 Å². The van der Waals surface area contributed by atoms with Gasteiger partial charge in [0.2, 0.25) is 5.88 Å². The second kappa shape index (κ2) is 9.50. The fourth-order valence-corrected chi connectivity index (χ4v) is 4.72. The highest BCUT2D eigenvalue weighted by molar-refractivity contribution is 5.90. The summed E-state index contributed by atoms with van der Waals surface area (Å²) in [7, 11) is 0. The lowest BCUT2D eigenvalue weighted by Gasteiger charge is -2.34. The Morgan fingerprint density at radius 1 is 1.03 bits per heavy atom. The minimum atomic E-state index is -0.0878. The smallest absolute Gasteiger partial charge is 0.222 e. The summed E-state index contributed by atoms with van der Waals surface area (Å²) >= 11 is 0. The van der Waals surface area contributed by atoms with Gasteiger partial charge in [-0.25, -0.2) is 15.0 Å². The number of ether oxygens (including phenoxy) is 1. The Bertz CT molecular complexity index is 1290. The van der Waals surface area contributed by atoms with E-state index in [9.17, 15) is 0 Å². The minimum absolute atomic E-state index is 0.0878. The van der Waals surface area contributed by atoms with Gasteiger partial charge in [0.1, 0.15) is 17.9 Å². The van der Waals surface area contributed by atoms with Crippen molar-refractivity contribution in [3.63, 3.8) is 0 Å². The fraction of sp³-hybridized carbons (Fsp3) is 0.407. The monoisotopic (exact) mass is 456 g/mol. The molecule has 1 atom stereocenters. The summed E-state index contributed by atoms with van der Waals surface area (Å²) < 4.78 is 6.59. The lowest BCUT2D eigenvalue weighted by molar-refractivity contribution is 0.0822. The lowest BCUT2D eigenvalue weighted by atomic mass is 10.0. The number of pyridine rings is 2. The highest BCUT2D eigenvalue weighted by Crippen LogP contribution is 2.32. The fourth-order valence-electron chi connectivity index (χ4n) is 4.72. The van der Waals surface area contributed by atoms with Crippen molar-refractivity contribution in [1.82, 2.24) is 24.8 Å². The molecule has 1 aliphatic heterocycles. The first-order valence-electron chi connectivity index (χ1n) is 12.1. The molecule has 0 bridgehead atoms. The van der Waals surface area contributed by atoms with Crippen molar-refractivity contribution in [2.24, 2.45) is 0 Å². The zero-order valence-electron chi connectivity index (χ0n) is 20.3. The molecule has 3 aromatic heterocycles. The van der Waals surface area contributed by atoms with Crippen LogP contribution in [0.25, 0.3) is 21.8 Å². The normalized spacial score (nSPS) is 16.3. The Morgan fingerprint density at radius 2 is 1.85 bits per heavy atom. The molecule has 0 saturated carbocycles. The van der Waals surface area contributed by atoms with Gasteiger partial charge < -0.3 is 15.0 Å². The molecule has 7 nitrogen and oxygen atoms in total. The quantitative estimate of drug-likeness (QED) is 0.421. The third kappa shape index (κ3) is 4.53. The molecule has 176 valence electrons. The molecule has 0 unspecified atom stereocenters. The van der Waals surface area contributed by atoms with Crippen LogP contribution in [0.2, 0.25) is 0 Å². The van der Waals surface area contributed by atoms with Crippen molar-refractivity contribution in [2.45, 2.75) is 58.7 Å². The predicted molar refractivity (Wildman–Crippen MR) is 136 cm³/mol. The number of nitrogens with one attached hydrogen (secondary N) is 1. The standard InChI is InChI=1S/C27H32N6O/c1-17(2)33-13-10-21(11-14-33)34-27-24-18(3)7-5-8-20(24)15-23(32-27)19(4)31-26-25-22(29-16-30-26)9-6-12-28-25/h5-9,12,15-17,19,21H,10-11,13-14H2,1-4H3,(H,29,30,31)/t19-/m0/s1. The van der Waals surface area contributed by atoms with E-state index < -0.39 is 0 Å². The van der Waals surface area contributed by atoms with Crippen LogP contribution < -0.4 is 10.1 Å². The van der Waals surface area contributed by atoms with E-state index in [1.807, 2.05) is 12.1 Å². The summed E-state index contributed by atoms with van der Waals surface area (Å²) in [5.41, 5.74) is 3.65. The van der Waals surface area contributed by atoms with Gasteiger partial charge in [-0.15, -0.1) is 0 Å². The number of anilines is 1. The molecule has 34 heavy (non-hydrogen) atoms. The molecule has 5 rings (SSSR count). The van der Waals surface area contributed by atoms with Crippen molar-refractivity contribution >= 4 is 27.6 Å². The highest BCUT2D eigenvalue weighted by Gasteiger charge is 2.24. The zero-order chi connectivity index (χ0) is 23.7. The maximum absolute atomic E-state index is 6.59. The maximum Gasteiger partial charge on any atom is 0.222 e. The molecule has 1 aliphatic rings. The Balaban J connectivity index is 1.45. The number of fused-ring (bicyclic) bond motifs is 2. The molecule has 4 heterocycles. The predicted octanol–water partition coefficient (Wildman–Crippen LogP) is 5.31. The first-order valence-corrected chi connectivity index (χ1v) is 12.1. The number of aromatic nitrogens is 4. The van der Waals surface area contributed by atoms with Gasteiger partial charge in [0.25, 0.3) is 0 Å². The summed E-state index contributed by atoms with van der Waals surface area (Å²) in [4.78, 5) is 20.8. The number of aryl methyl sites for hydroxylation is 1. The maximum atomic E-state index is 6.59. The first-order chi connectivity index (χ1) is 16.5. The zero-order valence-corrected chi connectivity index (χ0v) is 20.3. The van der Waals surface area contributed by atoms with Crippen LogP contribution >= 0.6 is 0 Å². The van der Waals surface area contributed by atoms with E-state index in [0.717, 1.165) is 59.3 Å². The van der Waals surface area contributed by atoms with Crippen LogP contribution in [-0.2, 0) is 0 Å². The molecule has 0 amide bonds. The van der Waals surface area contributed by atoms with Gasteiger partial charge in [0.05, 0.1) is 17.3 Å². The average Bonchev–Trinajstić information content (AvgIpc) is 2.84. The number of likely N-dealkylation sites (tertiary alicyclic amines) is 1. The average molecular weight is 457 g/mol.